The van der Waals surface area contributed by atoms with Crippen molar-refractivity contribution in [1.29, 1.82) is 0 Å². The Labute approximate surface area is 112 Å². The number of carbonyl (C=O) groups is 3. The van der Waals surface area contributed by atoms with Crippen molar-refractivity contribution in [3.8, 4) is 0 Å². The van der Waals surface area contributed by atoms with Gasteiger partial charge in [0, 0.05) is 19.0 Å². The van der Waals surface area contributed by atoms with E-state index in [1.807, 2.05) is 0 Å². The van der Waals surface area contributed by atoms with Crippen LogP contribution in [0.4, 0.5) is 4.79 Å². The van der Waals surface area contributed by atoms with E-state index in [1.165, 1.54) is 4.90 Å². The predicted octanol–water partition coefficient (Wildman–Crippen LogP) is 0.289. The van der Waals surface area contributed by atoms with Gasteiger partial charge in [-0.1, -0.05) is 12.8 Å². The van der Waals surface area contributed by atoms with Crippen molar-refractivity contribution >= 4 is 17.9 Å². The molecule has 1 fully saturated rings. The van der Waals surface area contributed by atoms with E-state index < -0.39 is 30.0 Å². The largest absolute Gasteiger partial charge is 0.480 e. The highest BCUT2D eigenvalue weighted by Gasteiger charge is 2.31. The summed E-state index contributed by atoms with van der Waals surface area (Å²) in [6.07, 6.45) is 3.02. The molecule has 0 spiro atoms. The summed E-state index contributed by atoms with van der Waals surface area (Å²) < 4.78 is 0. The molecule has 1 heterocycles. The van der Waals surface area contributed by atoms with Crippen LogP contribution in [-0.2, 0) is 9.59 Å². The average Bonchev–Trinajstić information content (AvgIpc) is 2.52. The highest BCUT2D eigenvalue weighted by Crippen LogP contribution is 2.17. The highest BCUT2D eigenvalue weighted by molar-refractivity contribution is 5.83. The molecule has 2 atom stereocenters. The number of aliphatic carboxylic acids is 1. The smallest absolute Gasteiger partial charge is 0.326 e. The van der Waals surface area contributed by atoms with Crippen LogP contribution >= 0.6 is 0 Å². The first-order valence-electron chi connectivity index (χ1n) is 6.50. The van der Waals surface area contributed by atoms with Crippen molar-refractivity contribution in [3.05, 3.63) is 0 Å². The molecule has 1 saturated heterocycles. The van der Waals surface area contributed by atoms with Crippen LogP contribution in [0.2, 0.25) is 0 Å². The number of hydrogen-bond acceptors (Lipinski definition) is 3. The topological polar surface area (TPSA) is 113 Å². The van der Waals surface area contributed by atoms with E-state index in [-0.39, 0.29) is 6.42 Å². The summed E-state index contributed by atoms with van der Waals surface area (Å²) in [6, 6.07) is -1.63. The molecule has 0 aromatic rings. The number of hydrogen-bond donors (Lipinski definition) is 3. The Morgan fingerprint density at radius 1 is 1.37 bits per heavy atom. The number of rotatable bonds is 4. The number of carboxylic acid groups (broad SMARTS) is 1. The lowest BCUT2D eigenvalue weighted by Gasteiger charge is -2.28. The summed E-state index contributed by atoms with van der Waals surface area (Å²) in [5.74, 6) is -1.49. The Kier molecular flexibility index (Phi) is 5.59. The molecule has 108 valence electrons. The fraction of sp³-hybridized carbons (Fsp3) is 0.750. The van der Waals surface area contributed by atoms with Crippen LogP contribution in [0, 0.1) is 0 Å². The number of likely N-dealkylation sites (tertiary alicyclic amines) is 1. The van der Waals surface area contributed by atoms with Crippen LogP contribution in [0.25, 0.3) is 0 Å². The van der Waals surface area contributed by atoms with Crippen molar-refractivity contribution < 1.29 is 19.5 Å². The average molecular weight is 271 g/mol. The molecule has 1 aliphatic rings. The number of amides is 3. The molecule has 0 aromatic carbocycles. The van der Waals surface area contributed by atoms with Crippen molar-refractivity contribution in [2.24, 2.45) is 5.73 Å². The second-order valence-electron chi connectivity index (χ2n) is 4.92. The van der Waals surface area contributed by atoms with Crippen LogP contribution in [-0.4, -0.2) is 46.5 Å². The minimum atomic E-state index is -0.986. The van der Waals surface area contributed by atoms with Crippen molar-refractivity contribution in [2.75, 3.05) is 6.54 Å². The van der Waals surface area contributed by atoms with Crippen LogP contribution in [0.15, 0.2) is 0 Å². The van der Waals surface area contributed by atoms with Gasteiger partial charge in [-0.05, 0) is 19.8 Å². The van der Waals surface area contributed by atoms with Crippen LogP contribution < -0.4 is 11.1 Å². The predicted molar refractivity (Wildman–Crippen MR) is 68.4 cm³/mol. The quantitative estimate of drug-likeness (QED) is 0.682. The zero-order valence-corrected chi connectivity index (χ0v) is 11.1. The van der Waals surface area contributed by atoms with E-state index in [9.17, 15) is 14.4 Å². The molecule has 4 N–H and O–H groups in total. The van der Waals surface area contributed by atoms with Crippen molar-refractivity contribution in [3.63, 3.8) is 0 Å². The molecule has 0 aromatic heterocycles. The van der Waals surface area contributed by atoms with Gasteiger partial charge in [-0.15, -0.1) is 0 Å². The summed E-state index contributed by atoms with van der Waals surface area (Å²) in [5.41, 5.74) is 5.05. The standard InChI is InChI=1S/C12H21N3O4/c1-8(7-10(13)16)14-12(19)15-6-4-2-3-5-9(15)11(17)18/h8-9H,2-7H2,1H3,(H2,13,16)(H,14,19)(H,17,18). The highest BCUT2D eigenvalue weighted by atomic mass is 16.4. The fourth-order valence-corrected chi connectivity index (χ4v) is 2.25. The maximum atomic E-state index is 12.1. The van der Waals surface area contributed by atoms with Gasteiger partial charge in [0.2, 0.25) is 5.91 Å². The van der Waals surface area contributed by atoms with Crippen LogP contribution in [0.3, 0.4) is 0 Å². The zero-order chi connectivity index (χ0) is 14.4. The second-order valence-corrected chi connectivity index (χ2v) is 4.92. The number of primary amides is 1. The lowest BCUT2D eigenvalue weighted by Crippen LogP contribution is -2.51. The molecule has 2 unspecified atom stereocenters. The lowest BCUT2D eigenvalue weighted by molar-refractivity contribution is -0.142. The normalized spacial score (nSPS) is 21.3. The monoisotopic (exact) mass is 271 g/mol. The second kappa shape index (κ2) is 6.96. The van der Waals surface area contributed by atoms with Gasteiger partial charge in [-0.3, -0.25) is 4.79 Å². The number of nitrogens with one attached hydrogen (secondary N) is 1. The Balaban J connectivity index is 2.65. The maximum absolute atomic E-state index is 12.1. The fourth-order valence-electron chi connectivity index (χ4n) is 2.25. The summed E-state index contributed by atoms with van der Waals surface area (Å²) in [7, 11) is 0. The minimum Gasteiger partial charge on any atom is -0.480 e. The third-order valence-corrected chi connectivity index (χ3v) is 3.18. The first kappa shape index (κ1) is 15.3. The lowest BCUT2D eigenvalue weighted by atomic mass is 10.1. The van der Waals surface area contributed by atoms with Crippen molar-refractivity contribution in [2.45, 2.75) is 51.1 Å². The van der Waals surface area contributed by atoms with Crippen LogP contribution in [0.5, 0.6) is 0 Å². The number of urea groups is 1. The molecule has 3 amide bonds. The first-order chi connectivity index (χ1) is 8.91. The number of carboxylic acids is 1. The van der Waals surface area contributed by atoms with Gasteiger partial charge in [0.1, 0.15) is 6.04 Å². The molecule has 7 heteroatoms. The van der Waals surface area contributed by atoms with E-state index in [4.69, 9.17) is 10.8 Å². The molecular weight excluding hydrogens is 250 g/mol. The Bertz CT molecular complexity index is 359. The number of carbonyl (C=O) groups excluding carboxylic acids is 2. The third-order valence-electron chi connectivity index (χ3n) is 3.18. The molecule has 7 nitrogen and oxygen atoms in total. The molecule has 1 aliphatic heterocycles. The van der Waals surface area contributed by atoms with Gasteiger partial charge in [0.15, 0.2) is 0 Å². The van der Waals surface area contributed by atoms with Gasteiger partial charge < -0.3 is 21.1 Å². The molecule has 0 aliphatic carbocycles. The molecule has 0 bridgehead atoms. The number of nitrogens with zero attached hydrogens (tertiary/aromatic N) is 1. The number of nitrogens with two attached hydrogens (primary N) is 1. The Morgan fingerprint density at radius 2 is 2.05 bits per heavy atom. The third kappa shape index (κ3) is 4.76. The van der Waals surface area contributed by atoms with Gasteiger partial charge >= 0.3 is 12.0 Å². The summed E-state index contributed by atoms with van der Waals surface area (Å²) in [4.78, 5) is 35.3. The molecule has 0 saturated carbocycles. The molecule has 1 rings (SSSR count). The van der Waals surface area contributed by atoms with Crippen molar-refractivity contribution in [1.82, 2.24) is 10.2 Å². The van der Waals surface area contributed by atoms with Gasteiger partial charge in [-0.2, -0.15) is 0 Å². The molecule has 19 heavy (non-hydrogen) atoms. The van der Waals surface area contributed by atoms with Crippen LogP contribution in [0.1, 0.15) is 39.0 Å². The Hall–Kier alpha value is -1.79. The molecule has 0 radical (unpaired) electrons. The van der Waals surface area contributed by atoms with E-state index in [1.54, 1.807) is 6.92 Å². The van der Waals surface area contributed by atoms with Gasteiger partial charge in [0.25, 0.3) is 0 Å². The van der Waals surface area contributed by atoms with E-state index in [0.29, 0.717) is 13.0 Å². The maximum Gasteiger partial charge on any atom is 0.326 e. The minimum absolute atomic E-state index is 0.0390. The van der Waals surface area contributed by atoms with E-state index in [2.05, 4.69) is 5.32 Å². The first-order valence-corrected chi connectivity index (χ1v) is 6.50. The summed E-state index contributed by atoms with van der Waals surface area (Å²) in [6.45, 7) is 2.09. The zero-order valence-electron chi connectivity index (χ0n) is 11.1. The Morgan fingerprint density at radius 3 is 2.63 bits per heavy atom. The summed E-state index contributed by atoms with van der Waals surface area (Å²) >= 11 is 0. The van der Waals surface area contributed by atoms with E-state index >= 15 is 0 Å². The molecular formula is C12H21N3O4. The SMILES string of the molecule is CC(CC(N)=O)NC(=O)N1CCCCCC1C(=O)O. The van der Waals surface area contributed by atoms with E-state index in [0.717, 1.165) is 19.3 Å². The van der Waals surface area contributed by atoms with Gasteiger partial charge in [-0.25, -0.2) is 9.59 Å². The van der Waals surface area contributed by atoms with Gasteiger partial charge in [0.05, 0.1) is 0 Å². The summed E-state index contributed by atoms with van der Waals surface area (Å²) in [5, 5.41) is 11.8.